The van der Waals surface area contributed by atoms with Gasteiger partial charge in [-0.1, -0.05) is 0 Å². The van der Waals surface area contributed by atoms with E-state index in [2.05, 4.69) is 15.0 Å². The molecule has 146 valence electrons. The fraction of sp³-hybridized carbons (Fsp3) is 0.136. The van der Waals surface area contributed by atoms with Crippen LogP contribution in [0.5, 0.6) is 0 Å². The fourth-order valence-electron chi connectivity index (χ4n) is 2.34. The minimum atomic E-state index is -0.360. The first-order valence-electron chi connectivity index (χ1n) is 8.67. The highest BCUT2D eigenvalue weighted by Gasteiger charge is 2.06. The molecule has 0 bridgehead atoms. The lowest BCUT2D eigenvalue weighted by molar-refractivity contribution is 0.104. The number of carbonyl (C=O) groups excluding carboxylic acids is 1. The number of aromatic nitrogens is 3. The van der Waals surface area contributed by atoms with Gasteiger partial charge in [-0.25, -0.2) is 0 Å². The molecule has 0 aliphatic heterocycles. The zero-order chi connectivity index (χ0) is 21.2. The Morgan fingerprint density at radius 1 is 1.21 bits per heavy atom. The Hall–Kier alpha value is -3.50. The lowest BCUT2D eigenvalue weighted by Crippen LogP contribution is -2.12. The predicted molar refractivity (Wildman–Crippen MR) is 116 cm³/mol. The molecule has 0 saturated carbocycles. The second-order valence-electron chi connectivity index (χ2n) is 5.99. The Labute approximate surface area is 173 Å². The monoisotopic (exact) mass is 404 g/mol. The van der Waals surface area contributed by atoms with Gasteiger partial charge in [-0.05, 0) is 67.0 Å². The van der Waals surface area contributed by atoms with E-state index in [1.54, 1.807) is 73.8 Å². The first kappa shape index (κ1) is 21.8. The highest BCUT2D eigenvalue weighted by atomic mass is 32.2. The lowest BCUT2D eigenvalue weighted by Gasteiger charge is -2.03. The molecule has 29 heavy (non-hydrogen) atoms. The number of rotatable bonds is 4. The highest BCUT2D eigenvalue weighted by molar-refractivity contribution is 8.02. The number of aryl methyl sites for hydroxylation is 1. The second kappa shape index (κ2) is 10.7. The number of hydrogen-bond acceptors (Lipinski definition) is 6. The van der Waals surface area contributed by atoms with Crippen molar-refractivity contribution in [2.75, 3.05) is 6.26 Å². The van der Waals surface area contributed by atoms with E-state index in [1.807, 2.05) is 25.3 Å². The molecule has 3 rings (SSSR count). The third-order valence-corrected chi connectivity index (χ3v) is 4.68. The topological polar surface area (TPSA) is 99.5 Å². The average Bonchev–Trinajstić information content (AvgIpc) is 2.75. The van der Waals surface area contributed by atoms with Gasteiger partial charge < -0.3 is 4.98 Å². The van der Waals surface area contributed by atoms with Crippen molar-refractivity contribution in [2.45, 2.75) is 13.8 Å². The summed E-state index contributed by atoms with van der Waals surface area (Å²) in [6.07, 6.45) is 10.1. The number of hydrogen-bond donors (Lipinski definition) is 1. The maximum absolute atomic E-state index is 11.6. The van der Waals surface area contributed by atoms with Gasteiger partial charge in [0.25, 0.3) is 5.56 Å². The summed E-state index contributed by atoms with van der Waals surface area (Å²) in [4.78, 5) is 34.6. The zero-order valence-electron chi connectivity index (χ0n) is 16.3. The molecule has 3 heterocycles. The van der Waals surface area contributed by atoms with Gasteiger partial charge in [-0.3, -0.25) is 19.6 Å². The lowest BCUT2D eigenvalue weighted by atomic mass is 10.1. The van der Waals surface area contributed by atoms with Gasteiger partial charge in [-0.15, -0.1) is 11.8 Å². The molecule has 0 spiro atoms. The summed E-state index contributed by atoms with van der Waals surface area (Å²) in [6.45, 7) is 3.66. The van der Waals surface area contributed by atoms with Crippen molar-refractivity contribution in [1.29, 1.82) is 5.26 Å². The van der Waals surface area contributed by atoms with Crippen LogP contribution in [0.2, 0.25) is 0 Å². The Morgan fingerprint density at radius 2 is 1.90 bits per heavy atom. The molecule has 6 nitrogen and oxygen atoms in total. The predicted octanol–water partition coefficient (Wildman–Crippen LogP) is 4.15. The summed E-state index contributed by atoms with van der Waals surface area (Å²) in [5.74, 6) is 0.0138. The van der Waals surface area contributed by atoms with Crippen molar-refractivity contribution in [3.8, 4) is 17.3 Å². The second-order valence-corrected chi connectivity index (χ2v) is 7.04. The van der Waals surface area contributed by atoms with Gasteiger partial charge in [0.2, 0.25) is 0 Å². The van der Waals surface area contributed by atoms with Crippen LogP contribution in [-0.2, 0) is 0 Å². The molecule has 0 aliphatic carbocycles. The number of allylic oxidation sites excluding steroid dienone is 2. The first-order chi connectivity index (χ1) is 14.0. The van der Waals surface area contributed by atoms with Crippen LogP contribution in [0.4, 0.5) is 0 Å². The van der Waals surface area contributed by atoms with Gasteiger partial charge in [0.1, 0.15) is 11.6 Å². The standard InChI is InChI=1S/C12H9N3O.C10H11NOS/c1-8-5-11(9-3-2-4-14-7-9)15-12(16)10(8)6-13;1-8(13-2)6-10(12)9-4-3-5-11-7-9/h2-5,7H,1H3,(H,15,16);3-7H,1-2H3/b;8-6-. The van der Waals surface area contributed by atoms with Crippen LogP contribution >= 0.6 is 11.8 Å². The number of pyridine rings is 3. The van der Waals surface area contributed by atoms with Gasteiger partial charge in [0, 0.05) is 35.9 Å². The molecule has 0 aromatic carbocycles. The van der Waals surface area contributed by atoms with E-state index in [4.69, 9.17) is 5.26 Å². The zero-order valence-corrected chi connectivity index (χ0v) is 17.2. The van der Waals surface area contributed by atoms with Gasteiger partial charge in [0.05, 0.1) is 5.69 Å². The summed E-state index contributed by atoms with van der Waals surface area (Å²) < 4.78 is 0. The SMILES string of the molecule is CS/C(C)=C\C(=O)c1cccnc1.Cc1cc(-c2cccnc2)[nH]c(=O)c1C#N. The molecule has 3 aromatic rings. The van der Waals surface area contributed by atoms with E-state index < -0.39 is 0 Å². The molecule has 3 aromatic heterocycles. The molecule has 7 heteroatoms. The number of aromatic amines is 1. The number of H-pyrrole nitrogens is 1. The van der Waals surface area contributed by atoms with Crippen molar-refractivity contribution < 1.29 is 4.79 Å². The summed E-state index contributed by atoms with van der Waals surface area (Å²) in [7, 11) is 0. The summed E-state index contributed by atoms with van der Waals surface area (Å²) in [5.41, 5.74) is 2.61. The van der Waals surface area contributed by atoms with Crippen molar-refractivity contribution in [3.63, 3.8) is 0 Å². The quantitative estimate of drug-likeness (QED) is 0.518. The van der Waals surface area contributed by atoms with Crippen LogP contribution in [0.15, 0.2) is 70.9 Å². The summed E-state index contributed by atoms with van der Waals surface area (Å²) in [6, 6.07) is 10.8. The minimum Gasteiger partial charge on any atom is -0.321 e. The smallest absolute Gasteiger partial charge is 0.266 e. The van der Waals surface area contributed by atoms with Gasteiger partial charge >= 0.3 is 0 Å². The Morgan fingerprint density at radius 3 is 2.41 bits per heavy atom. The maximum Gasteiger partial charge on any atom is 0.266 e. The third kappa shape index (κ3) is 6.26. The minimum absolute atomic E-state index is 0.0138. The molecule has 0 fully saturated rings. The molecule has 0 atom stereocenters. The molecular weight excluding hydrogens is 384 g/mol. The van der Waals surface area contributed by atoms with Crippen molar-refractivity contribution in [2.24, 2.45) is 0 Å². The van der Waals surface area contributed by atoms with E-state index in [1.165, 1.54) is 0 Å². The molecule has 1 N–H and O–H groups in total. The Bertz CT molecular complexity index is 1100. The Balaban J connectivity index is 0.000000212. The van der Waals surface area contributed by atoms with E-state index in [0.29, 0.717) is 16.8 Å². The largest absolute Gasteiger partial charge is 0.321 e. The number of ketones is 1. The van der Waals surface area contributed by atoms with Gasteiger partial charge in [-0.2, -0.15) is 5.26 Å². The van der Waals surface area contributed by atoms with E-state index >= 15 is 0 Å². The number of thioether (sulfide) groups is 1. The maximum atomic E-state index is 11.6. The van der Waals surface area contributed by atoms with Crippen LogP contribution < -0.4 is 5.56 Å². The van der Waals surface area contributed by atoms with E-state index in [9.17, 15) is 9.59 Å². The molecule has 0 unspecified atom stereocenters. The molecule has 0 amide bonds. The summed E-state index contributed by atoms with van der Waals surface area (Å²) in [5, 5.41) is 8.78. The van der Waals surface area contributed by atoms with Crippen molar-refractivity contribution >= 4 is 17.5 Å². The van der Waals surface area contributed by atoms with Crippen molar-refractivity contribution in [1.82, 2.24) is 15.0 Å². The van der Waals surface area contributed by atoms with Crippen LogP contribution in [0.3, 0.4) is 0 Å². The number of nitriles is 1. The van der Waals surface area contributed by atoms with Crippen LogP contribution in [0, 0.1) is 18.3 Å². The highest BCUT2D eigenvalue weighted by Crippen LogP contribution is 2.15. The molecular formula is C22H20N4O2S. The normalized spacial score (nSPS) is 10.5. The van der Waals surface area contributed by atoms with Crippen LogP contribution in [0.25, 0.3) is 11.3 Å². The van der Waals surface area contributed by atoms with Crippen LogP contribution in [0.1, 0.15) is 28.4 Å². The molecule has 0 aliphatic rings. The van der Waals surface area contributed by atoms with E-state index in [-0.39, 0.29) is 16.9 Å². The van der Waals surface area contributed by atoms with Crippen LogP contribution in [-0.4, -0.2) is 27.0 Å². The number of nitrogens with zero attached hydrogens (tertiary/aromatic N) is 3. The fourth-order valence-corrected chi connectivity index (χ4v) is 2.57. The third-order valence-electron chi connectivity index (χ3n) is 3.92. The van der Waals surface area contributed by atoms with E-state index in [0.717, 1.165) is 10.5 Å². The van der Waals surface area contributed by atoms with Gasteiger partial charge in [0.15, 0.2) is 5.78 Å². The van der Waals surface area contributed by atoms with Crippen molar-refractivity contribution in [3.05, 3.63) is 93.1 Å². The first-order valence-corrected chi connectivity index (χ1v) is 9.89. The Kier molecular flexibility index (Phi) is 8.07. The molecule has 0 radical (unpaired) electrons. The molecule has 0 saturated heterocycles. The number of nitrogens with one attached hydrogen (secondary N) is 1. The average molecular weight is 404 g/mol. The number of carbonyl (C=O) groups is 1. The summed E-state index contributed by atoms with van der Waals surface area (Å²) >= 11 is 1.57.